The van der Waals surface area contributed by atoms with E-state index in [4.69, 9.17) is 4.99 Å². The molecule has 6 heteroatoms. The fourth-order valence-corrected chi connectivity index (χ4v) is 5.03. The molecule has 4 rings (SSSR count). The van der Waals surface area contributed by atoms with E-state index in [-0.39, 0.29) is 24.3 Å². The van der Waals surface area contributed by atoms with Crippen LogP contribution in [-0.2, 0) is 9.59 Å². The van der Waals surface area contributed by atoms with Gasteiger partial charge in [-0.2, -0.15) is 0 Å². The third kappa shape index (κ3) is 4.59. The SMILES string of the molecule is Cc1ccc(NC(=O)C[C@@H]2SC(=Nc3ccccc3)N([C@@H](C)C3CC3)C2=O)c(C)c1. The van der Waals surface area contributed by atoms with E-state index >= 15 is 0 Å². The maximum Gasteiger partial charge on any atom is 0.242 e. The number of carbonyl (C=O) groups is 2. The zero-order valence-corrected chi connectivity index (χ0v) is 18.4. The van der Waals surface area contributed by atoms with Crippen molar-refractivity contribution in [3.05, 3.63) is 59.7 Å². The van der Waals surface area contributed by atoms with Crippen LogP contribution >= 0.6 is 11.8 Å². The van der Waals surface area contributed by atoms with E-state index in [9.17, 15) is 9.59 Å². The largest absolute Gasteiger partial charge is 0.326 e. The average molecular weight is 422 g/mol. The van der Waals surface area contributed by atoms with Gasteiger partial charge in [-0.25, -0.2) is 4.99 Å². The Balaban J connectivity index is 1.51. The van der Waals surface area contributed by atoms with Gasteiger partial charge in [0.05, 0.1) is 5.69 Å². The molecule has 1 heterocycles. The van der Waals surface area contributed by atoms with Crippen molar-refractivity contribution in [2.24, 2.45) is 10.9 Å². The predicted molar refractivity (Wildman–Crippen MR) is 123 cm³/mol. The van der Waals surface area contributed by atoms with Gasteiger partial charge >= 0.3 is 0 Å². The second kappa shape index (κ2) is 8.64. The third-order valence-electron chi connectivity index (χ3n) is 5.69. The molecule has 1 aliphatic heterocycles. The Hall–Kier alpha value is -2.60. The van der Waals surface area contributed by atoms with E-state index in [0.717, 1.165) is 35.3 Å². The molecule has 0 aromatic heterocycles. The van der Waals surface area contributed by atoms with Gasteiger partial charge in [0.25, 0.3) is 0 Å². The summed E-state index contributed by atoms with van der Waals surface area (Å²) < 4.78 is 0. The van der Waals surface area contributed by atoms with Crippen LogP contribution in [0.5, 0.6) is 0 Å². The maximum atomic E-state index is 13.2. The van der Waals surface area contributed by atoms with Gasteiger partial charge < -0.3 is 5.32 Å². The number of anilines is 1. The smallest absolute Gasteiger partial charge is 0.242 e. The number of hydrogen-bond donors (Lipinski definition) is 1. The number of hydrogen-bond acceptors (Lipinski definition) is 4. The predicted octanol–water partition coefficient (Wildman–Crippen LogP) is 5.06. The van der Waals surface area contributed by atoms with Crippen molar-refractivity contribution in [1.29, 1.82) is 0 Å². The number of carbonyl (C=O) groups excluding carboxylic acids is 2. The molecule has 2 atom stereocenters. The van der Waals surface area contributed by atoms with E-state index in [1.807, 2.05) is 67.3 Å². The summed E-state index contributed by atoms with van der Waals surface area (Å²) in [6.07, 6.45) is 2.43. The van der Waals surface area contributed by atoms with Crippen molar-refractivity contribution in [2.75, 3.05) is 5.32 Å². The van der Waals surface area contributed by atoms with Gasteiger partial charge in [-0.1, -0.05) is 47.7 Å². The molecule has 1 N–H and O–H groups in total. The zero-order chi connectivity index (χ0) is 21.3. The minimum atomic E-state index is -0.445. The molecule has 2 aliphatic rings. The van der Waals surface area contributed by atoms with Gasteiger partial charge in [-0.15, -0.1) is 0 Å². The van der Waals surface area contributed by atoms with E-state index < -0.39 is 5.25 Å². The molecule has 156 valence electrons. The van der Waals surface area contributed by atoms with Crippen molar-refractivity contribution in [3.8, 4) is 0 Å². The topological polar surface area (TPSA) is 61.8 Å². The Kier molecular flexibility index (Phi) is 5.95. The monoisotopic (exact) mass is 421 g/mol. The van der Waals surface area contributed by atoms with E-state index in [1.165, 1.54) is 11.8 Å². The minimum Gasteiger partial charge on any atom is -0.326 e. The van der Waals surface area contributed by atoms with Crippen LogP contribution in [0.25, 0.3) is 0 Å². The van der Waals surface area contributed by atoms with Gasteiger partial charge in [-0.3, -0.25) is 14.5 Å². The van der Waals surface area contributed by atoms with Crippen molar-refractivity contribution >= 4 is 40.1 Å². The molecular formula is C24H27N3O2S. The maximum absolute atomic E-state index is 13.2. The van der Waals surface area contributed by atoms with Crippen LogP contribution < -0.4 is 5.32 Å². The Bertz CT molecular complexity index is 985. The number of rotatable bonds is 6. The van der Waals surface area contributed by atoms with Crippen LogP contribution in [0.15, 0.2) is 53.5 Å². The summed E-state index contributed by atoms with van der Waals surface area (Å²) in [4.78, 5) is 32.5. The second-order valence-electron chi connectivity index (χ2n) is 8.19. The van der Waals surface area contributed by atoms with E-state index in [1.54, 1.807) is 0 Å². The number of nitrogens with one attached hydrogen (secondary N) is 1. The zero-order valence-electron chi connectivity index (χ0n) is 17.6. The standard InChI is InChI=1S/C24H27N3O2S/c1-15-9-12-20(16(2)13-15)26-22(28)14-21-23(29)27(17(3)18-10-11-18)24(30-21)25-19-7-5-4-6-8-19/h4-9,12-13,17-18,21H,10-11,14H2,1-3H3,(H,26,28)/t17-,21-/m0/s1. The van der Waals surface area contributed by atoms with Crippen LogP contribution in [0.2, 0.25) is 0 Å². The molecule has 2 aromatic carbocycles. The van der Waals surface area contributed by atoms with Crippen LogP contribution in [0.1, 0.15) is 37.3 Å². The van der Waals surface area contributed by atoms with Gasteiger partial charge in [-0.05, 0) is 63.3 Å². The molecule has 1 saturated heterocycles. The average Bonchev–Trinajstić information content (AvgIpc) is 3.51. The first-order chi connectivity index (χ1) is 14.4. The van der Waals surface area contributed by atoms with E-state index in [0.29, 0.717) is 11.1 Å². The summed E-state index contributed by atoms with van der Waals surface area (Å²) >= 11 is 1.41. The molecule has 0 spiro atoms. The fourth-order valence-electron chi connectivity index (χ4n) is 3.79. The summed E-state index contributed by atoms with van der Waals surface area (Å²) in [5, 5.41) is 3.22. The first-order valence-electron chi connectivity index (χ1n) is 10.4. The van der Waals surface area contributed by atoms with Crippen molar-refractivity contribution < 1.29 is 9.59 Å². The molecule has 30 heavy (non-hydrogen) atoms. The Morgan fingerprint density at radius 3 is 2.60 bits per heavy atom. The Labute approximate surface area is 182 Å². The summed E-state index contributed by atoms with van der Waals surface area (Å²) in [7, 11) is 0. The highest BCUT2D eigenvalue weighted by atomic mass is 32.2. The molecule has 1 aliphatic carbocycles. The van der Waals surface area contributed by atoms with Crippen LogP contribution in [0, 0.1) is 19.8 Å². The highest BCUT2D eigenvalue weighted by Gasteiger charge is 2.45. The molecule has 0 bridgehead atoms. The van der Waals surface area contributed by atoms with Crippen molar-refractivity contribution in [2.45, 2.75) is 51.3 Å². The highest BCUT2D eigenvalue weighted by molar-refractivity contribution is 8.15. The molecule has 0 unspecified atom stereocenters. The highest BCUT2D eigenvalue weighted by Crippen LogP contribution is 2.41. The lowest BCUT2D eigenvalue weighted by Gasteiger charge is -2.24. The number of aliphatic imine (C=N–C) groups is 1. The summed E-state index contributed by atoms with van der Waals surface area (Å²) in [6.45, 7) is 6.09. The lowest BCUT2D eigenvalue weighted by atomic mass is 10.1. The number of benzene rings is 2. The first-order valence-corrected chi connectivity index (χ1v) is 11.3. The number of thioether (sulfide) groups is 1. The molecule has 2 amide bonds. The van der Waals surface area contributed by atoms with Gasteiger partial charge in [0.15, 0.2) is 5.17 Å². The van der Waals surface area contributed by atoms with Crippen molar-refractivity contribution in [3.63, 3.8) is 0 Å². The van der Waals surface area contributed by atoms with Crippen LogP contribution in [-0.4, -0.2) is 33.2 Å². The van der Waals surface area contributed by atoms with E-state index in [2.05, 4.69) is 12.2 Å². The number of nitrogens with zero attached hydrogens (tertiary/aromatic N) is 2. The van der Waals surface area contributed by atoms with Gasteiger partial charge in [0.2, 0.25) is 11.8 Å². The second-order valence-corrected chi connectivity index (χ2v) is 9.36. The molecule has 1 saturated carbocycles. The summed E-state index contributed by atoms with van der Waals surface area (Å²) in [5.41, 5.74) is 3.78. The lowest BCUT2D eigenvalue weighted by molar-refractivity contribution is -0.129. The minimum absolute atomic E-state index is 0.00939. The first kappa shape index (κ1) is 20.7. The molecule has 2 fully saturated rings. The van der Waals surface area contributed by atoms with Gasteiger partial charge in [0, 0.05) is 18.2 Å². The van der Waals surface area contributed by atoms with Crippen LogP contribution in [0.3, 0.4) is 0 Å². The number of amidine groups is 1. The quantitative estimate of drug-likeness (QED) is 0.709. The normalized spacial score (nSPS) is 21.2. The molecule has 0 radical (unpaired) electrons. The third-order valence-corrected chi connectivity index (χ3v) is 6.84. The van der Waals surface area contributed by atoms with Crippen molar-refractivity contribution in [1.82, 2.24) is 4.90 Å². The number of para-hydroxylation sites is 1. The lowest BCUT2D eigenvalue weighted by Crippen LogP contribution is -2.41. The van der Waals surface area contributed by atoms with Crippen LogP contribution in [0.4, 0.5) is 11.4 Å². The fraction of sp³-hybridized carbons (Fsp3) is 0.375. The molecule has 2 aromatic rings. The summed E-state index contributed by atoms with van der Waals surface area (Å²) in [6, 6.07) is 15.7. The molecular weight excluding hydrogens is 394 g/mol. The summed E-state index contributed by atoms with van der Waals surface area (Å²) in [5.74, 6) is 0.371. The Morgan fingerprint density at radius 1 is 1.20 bits per heavy atom. The number of amides is 2. The van der Waals surface area contributed by atoms with Gasteiger partial charge in [0.1, 0.15) is 5.25 Å². The Morgan fingerprint density at radius 2 is 1.93 bits per heavy atom. The molecule has 5 nitrogen and oxygen atoms in total. The number of aryl methyl sites for hydroxylation is 2.